The Balaban J connectivity index is 1.96. The van der Waals surface area contributed by atoms with Gasteiger partial charge in [0.15, 0.2) is 0 Å². The zero-order chi connectivity index (χ0) is 21.6. The molecule has 2 aromatic rings. The third kappa shape index (κ3) is 6.52. The van der Waals surface area contributed by atoms with Gasteiger partial charge in [0.1, 0.15) is 0 Å². The van der Waals surface area contributed by atoms with Crippen LogP contribution in [0.3, 0.4) is 0 Å². The molecule has 0 aliphatic carbocycles. The van der Waals surface area contributed by atoms with Crippen LogP contribution in [0.1, 0.15) is 27.0 Å². The largest absolute Gasteiger partial charge is 0.418 e. The molecule has 2 rings (SSSR count). The van der Waals surface area contributed by atoms with Crippen LogP contribution in [0.4, 0.5) is 23.7 Å². The Labute approximate surface area is 164 Å². The van der Waals surface area contributed by atoms with Gasteiger partial charge in [-0.25, -0.2) is 4.79 Å². The van der Waals surface area contributed by atoms with Crippen LogP contribution in [0, 0.1) is 6.92 Å². The SMILES string of the molecule is Cc1ccc(C(F)(F)F)c(NC(=O)NCc2ccc(C(=O)NCC(N)=O)cc2)c1. The number of halogens is 3. The fourth-order valence-electron chi connectivity index (χ4n) is 2.40. The summed E-state index contributed by atoms with van der Waals surface area (Å²) in [5, 5.41) is 6.99. The van der Waals surface area contributed by atoms with E-state index in [0.717, 1.165) is 6.07 Å². The molecular formula is C19H19F3N4O3. The molecule has 0 aliphatic rings. The van der Waals surface area contributed by atoms with Crippen LogP contribution in [0.5, 0.6) is 0 Å². The van der Waals surface area contributed by atoms with Crippen LogP contribution >= 0.6 is 0 Å². The van der Waals surface area contributed by atoms with Gasteiger partial charge >= 0.3 is 12.2 Å². The summed E-state index contributed by atoms with van der Waals surface area (Å²) in [6, 6.07) is 8.74. The number of carbonyl (C=O) groups excluding carboxylic acids is 3. The van der Waals surface area contributed by atoms with Crippen molar-refractivity contribution in [3.63, 3.8) is 0 Å². The first-order valence-electron chi connectivity index (χ1n) is 8.44. The predicted octanol–water partition coefficient (Wildman–Crippen LogP) is 2.55. The highest BCUT2D eigenvalue weighted by molar-refractivity contribution is 5.96. The number of hydrogen-bond acceptors (Lipinski definition) is 3. The topological polar surface area (TPSA) is 113 Å². The summed E-state index contributed by atoms with van der Waals surface area (Å²) in [6.07, 6.45) is -4.60. The summed E-state index contributed by atoms with van der Waals surface area (Å²) < 4.78 is 39.2. The van der Waals surface area contributed by atoms with Gasteiger partial charge in [-0.3, -0.25) is 9.59 Å². The zero-order valence-corrected chi connectivity index (χ0v) is 15.4. The quantitative estimate of drug-likeness (QED) is 0.589. The Morgan fingerprint density at radius 3 is 2.24 bits per heavy atom. The monoisotopic (exact) mass is 408 g/mol. The standard InChI is InChI=1S/C19H19F3N4O3/c1-11-2-7-14(19(20,21)22)15(8-11)26-18(29)25-9-12-3-5-13(6-4-12)17(28)24-10-16(23)27/h2-8H,9-10H2,1H3,(H2,23,27)(H,24,28)(H2,25,26,29). The van der Waals surface area contributed by atoms with Gasteiger partial charge in [0.2, 0.25) is 5.91 Å². The molecule has 0 spiro atoms. The normalized spacial score (nSPS) is 10.9. The minimum Gasteiger partial charge on any atom is -0.368 e. The van der Waals surface area contributed by atoms with E-state index in [9.17, 15) is 27.6 Å². The number of rotatable bonds is 6. The second-order valence-corrected chi connectivity index (χ2v) is 6.20. The minimum atomic E-state index is -4.60. The number of aryl methyl sites for hydroxylation is 1. The van der Waals surface area contributed by atoms with Crippen molar-refractivity contribution in [3.8, 4) is 0 Å². The Hall–Kier alpha value is -3.56. The van der Waals surface area contributed by atoms with Crippen molar-refractivity contribution in [2.45, 2.75) is 19.6 Å². The molecule has 0 saturated carbocycles. The molecule has 0 unspecified atom stereocenters. The molecular weight excluding hydrogens is 389 g/mol. The second kappa shape index (κ2) is 9.09. The van der Waals surface area contributed by atoms with Gasteiger partial charge in [0, 0.05) is 12.1 Å². The Kier molecular flexibility index (Phi) is 6.81. The highest BCUT2D eigenvalue weighted by atomic mass is 19.4. The summed E-state index contributed by atoms with van der Waals surface area (Å²) in [6.45, 7) is 1.35. The number of carbonyl (C=O) groups is 3. The molecule has 0 fully saturated rings. The maximum atomic E-state index is 13.1. The van der Waals surface area contributed by atoms with E-state index in [0.29, 0.717) is 11.1 Å². The molecule has 154 valence electrons. The van der Waals surface area contributed by atoms with Crippen molar-refractivity contribution in [2.75, 3.05) is 11.9 Å². The van der Waals surface area contributed by atoms with E-state index < -0.39 is 29.6 Å². The van der Waals surface area contributed by atoms with Gasteiger partial charge < -0.3 is 21.7 Å². The molecule has 7 nitrogen and oxygen atoms in total. The van der Waals surface area contributed by atoms with Crippen molar-refractivity contribution in [1.29, 1.82) is 0 Å². The van der Waals surface area contributed by atoms with E-state index in [2.05, 4.69) is 16.0 Å². The number of alkyl halides is 3. The minimum absolute atomic E-state index is 0.0299. The summed E-state index contributed by atoms with van der Waals surface area (Å²) in [5.74, 6) is -1.16. The van der Waals surface area contributed by atoms with Gasteiger partial charge in [-0.1, -0.05) is 18.2 Å². The number of benzene rings is 2. The Morgan fingerprint density at radius 2 is 1.66 bits per heavy atom. The van der Waals surface area contributed by atoms with Gasteiger partial charge in [-0.2, -0.15) is 13.2 Å². The highest BCUT2D eigenvalue weighted by Crippen LogP contribution is 2.35. The van der Waals surface area contributed by atoms with Gasteiger partial charge in [0.25, 0.3) is 5.91 Å². The van der Waals surface area contributed by atoms with Crippen LogP contribution in [0.25, 0.3) is 0 Å². The first-order chi connectivity index (χ1) is 13.6. The maximum absolute atomic E-state index is 13.1. The number of nitrogens with one attached hydrogen (secondary N) is 3. The Morgan fingerprint density at radius 1 is 1.00 bits per heavy atom. The molecule has 0 saturated heterocycles. The van der Waals surface area contributed by atoms with Crippen molar-refractivity contribution < 1.29 is 27.6 Å². The average molecular weight is 408 g/mol. The molecule has 5 N–H and O–H groups in total. The van der Waals surface area contributed by atoms with Crippen LogP contribution in [-0.4, -0.2) is 24.4 Å². The molecule has 0 atom stereocenters. The molecule has 0 bridgehead atoms. The van der Waals surface area contributed by atoms with E-state index in [1.54, 1.807) is 19.1 Å². The van der Waals surface area contributed by atoms with Crippen molar-refractivity contribution in [2.24, 2.45) is 5.73 Å². The third-order valence-electron chi connectivity index (χ3n) is 3.82. The summed E-state index contributed by atoms with van der Waals surface area (Å²) in [5.41, 5.74) is 5.14. The van der Waals surface area contributed by atoms with Crippen molar-refractivity contribution in [3.05, 3.63) is 64.7 Å². The van der Waals surface area contributed by atoms with E-state index >= 15 is 0 Å². The van der Waals surface area contributed by atoms with E-state index in [1.165, 1.54) is 24.3 Å². The van der Waals surface area contributed by atoms with Gasteiger partial charge in [-0.05, 0) is 42.3 Å². The maximum Gasteiger partial charge on any atom is 0.418 e. The molecule has 0 heterocycles. The fraction of sp³-hybridized carbons (Fsp3) is 0.211. The third-order valence-corrected chi connectivity index (χ3v) is 3.82. The first-order valence-corrected chi connectivity index (χ1v) is 8.44. The number of amides is 4. The average Bonchev–Trinajstić information content (AvgIpc) is 2.64. The molecule has 0 aromatic heterocycles. The molecule has 10 heteroatoms. The van der Waals surface area contributed by atoms with E-state index in [4.69, 9.17) is 5.73 Å². The van der Waals surface area contributed by atoms with Crippen molar-refractivity contribution in [1.82, 2.24) is 10.6 Å². The molecule has 4 amide bonds. The van der Waals surface area contributed by atoms with Crippen molar-refractivity contribution >= 4 is 23.5 Å². The van der Waals surface area contributed by atoms with Crippen LogP contribution in [0.2, 0.25) is 0 Å². The Bertz CT molecular complexity index is 912. The number of hydrogen-bond donors (Lipinski definition) is 4. The molecule has 0 radical (unpaired) electrons. The second-order valence-electron chi connectivity index (χ2n) is 6.20. The summed E-state index contributed by atoms with van der Waals surface area (Å²) in [7, 11) is 0. The smallest absolute Gasteiger partial charge is 0.368 e. The number of urea groups is 1. The first kappa shape index (κ1) is 21.7. The van der Waals surface area contributed by atoms with E-state index in [-0.39, 0.29) is 24.3 Å². The lowest BCUT2D eigenvalue weighted by Gasteiger charge is -2.15. The predicted molar refractivity (Wildman–Crippen MR) is 100 cm³/mol. The number of anilines is 1. The molecule has 0 aliphatic heterocycles. The molecule has 2 aromatic carbocycles. The van der Waals surface area contributed by atoms with Gasteiger partial charge in [-0.15, -0.1) is 0 Å². The van der Waals surface area contributed by atoms with Crippen LogP contribution in [0.15, 0.2) is 42.5 Å². The molecule has 29 heavy (non-hydrogen) atoms. The van der Waals surface area contributed by atoms with Crippen LogP contribution in [-0.2, 0) is 17.5 Å². The zero-order valence-electron chi connectivity index (χ0n) is 15.4. The van der Waals surface area contributed by atoms with Gasteiger partial charge in [0.05, 0.1) is 17.8 Å². The number of nitrogens with two attached hydrogens (primary N) is 1. The number of primary amides is 1. The van der Waals surface area contributed by atoms with Crippen LogP contribution < -0.4 is 21.7 Å². The fourth-order valence-corrected chi connectivity index (χ4v) is 2.40. The summed E-state index contributed by atoms with van der Waals surface area (Å²) >= 11 is 0. The lowest BCUT2D eigenvalue weighted by atomic mass is 10.1. The lowest BCUT2D eigenvalue weighted by molar-refractivity contribution is -0.136. The lowest BCUT2D eigenvalue weighted by Crippen LogP contribution is -2.33. The highest BCUT2D eigenvalue weighted by Gasteiger charge is 2.33. The summed E-state index contributed by atoms with van der Waals surface area (Å²) in [4.78, 5) is 34.4. The van der Waals surface area contributed by atoms with E-state index in [1.807, 2.05) is 0 Å².